The van der Waals surface area contributed by atoms with Gasteiger partial charge < -0.3 is 14.8 Å². The second kappa shape index (κ2) is 7.45. The summed E-state index contributed by atoms with van der Waals surface area (Å²) in [6.45, 7) is 1.20. The van der Waals surface area contributed by atoms with Crippen molar-refractivity contribution in [2.45, 2.75) is 13.0 Å². The molecule has 1 aromatic rings. The number of hydrogen-bond acceptors (Lipinski definition) is 5. The Morgan fingerprint density at radius 1 is 1.11 bits per heavy atom. The molecular formula is C13H17NO4. The van der Waals surface area contributed by atoms with Crippen LogP contribution in [-0.4, -0.2) is 32.7 Å². The average molecular weight is 251 g/mol. The number of carbonyl (C=O) groups is 2. The standard InChI is InChI=1S/C13H17NO4/c1-17-12(15)7-8-14-9-10-3-5-11(6-4-10)13(16)18-2/h3-6,14H,7-9H2,1-2H3. The van der Waals surface area contributed by atoms with Crippen molar-refractivity contribution in [1.29, 1.82) is 0 Å². The van der Waals surface area contributed by atoms with Crippen LogP contribution in [0.3, 0.4) is 0 Å². The molecule has 18 heavy (non-hydrogen) atoms. The molecule has 0 spiro atoms. The first-order valence-corrected chi connectivity index (χ1v) is 5.62. The largest absolute Gasteiger partial charge is 0.469 e. The maximum Gasteiger partial charge on any atom is 0.337 e. The van der Waals surface area contributed by atoms with Crippen LogP contribution >= 0.6 is 0 Å². The lowest BCUT2D eigenvalue weighted by Gasteiger charge is -2.05. The van der Waals surface area contributed by atoms with Crippen LogP contribution < -0.4 is 5.32 Å². The molecule has 0 saturated carbocycles. The number of rotatable bonds is 6. The molecule has 0 fully saturated rings. The Balaban J connectivity index is 2.35. The molecular weight excluding hydrogens is 234 g/mol. The van der Waals surface area contributed by atoms with Gasteiger partial charge in [0.1, 0.15) is 0 Å². The molecule has 0 aliphatic carbocycles. The zero-order valence-corrected chi connectivity index (χ0v) is 10.6. The first-order chi connectivity index (χ1) is 8.67. The Morgan fingerprint density at radius 3 is 2.33 bits per heavy atom. The summed E-state index contributed by atoms with van der Waals surface area (Å²) in [6, 6.07) is 7.11. The predicted molar refractivity (Wildman–Crippen MR) is 66.1 cm³/mol. The van der Waals surface area contributed by atoms with Gasteiger partial charge in [-0.25, -0.2) is 4.79 Å². The number of hydrogen-bond donors (Lipinski definition) is 1. The van der Waals surface area contributed by atoms with Gasteiger partial charge in [-0.2, -0.15) is 0 Å². The van der Waals surface area contributed by atoms with Crippen LogP contribution in [0.25, 0.3) is 0 Å². The molecule has 1 rings (SSSR count). The molecule has 0 aliphatic heterocycles. The summed E-state index contributed by atoms with van der Waals surface area (Å²) < 4.78 is 9.13. The highest BCUT2D eigenvalue weighted by Crippen LogP contribution is 2.05. The number of benzene rings is 1. The summed E-state index contributed by atoms with van der Waals surface area (Å²) in [7, 11) is 2.72. The van der Waals surface area contributed by atoms with Crippen LogP contribution in [0.4, 0.5) is 0 Å². The Morgan fingerprint density at radius 2 is 1.78 bits per heavy atom. The van der Waals surface area contributed by atoms with E-state index in [1.807, 2.05) is 12.1 Å². The van der Waals surface area contributed by atoms with Gasteiger partial charge >= 0.3 is 11.9 Å². The summed E-state index contributed by atoms with van der Waals surface area (Å²) in [6.07, 6.45) is 0.344. The van der Waals surface area contributed by atoms with Gasteiger partial charge in [-0.05, 0) is 17.7 Å². The van der Waals surface area contributed by atoms with E-state index in [0.717, 1.165) is 5.56 Å². The molecule has 0 aliphatic rings. The Labute approximate surface area is 106 Å². The van der Waals surface area contributed by atoms with Crippen molar-refractivity contribution in [2.75, 3.05) is 20.8 Å². The smallest absolute Gasteiger partial charge is 0.337 e. The zero-order chi connectivity index (χ0) is 13.4. The lowest BCUT2D eigenvalue weighted by molar-refractivity contribution is -0.140. The molecule has 1 N–H and O–H groups in total. The van der Waals surface area contributed by atoms with Crippen LogP contribution in [0, 0.1) is 0 Å². The minimum atomic E-state index is -0.347. The van der Waals surface area contributed by atoms with Crippen molar-refractivity contribution in [1.82, 2.24) is 5.32 Å². The van der Waals surface area contributed by atoms with Crippen molar-refractivity contribution < 1.29 is 19.1 Å². The third-order valence-corrected chi connectivity index (χ3v) is 2.44. The Bertz CT molecular complexity index is 400. The van der Waals surface area contributed by atoms with Crippen molar-refractivity contribution >= 4 is 11.9 Å². The lowest BCUT2D eigenvalue weighted by atomic mass is 10.1. The third kappa shape index (κ3) is 4.55. The van der Waals surface area contributed by atoms with Gasteiger partial charge in [0.2, 0.25) is 0 Å². The number of esters is 2. The molecule has 5 nitrogen and oxygen atoms in total. The monoisotopic (exact) mass is 251 g/mol. The molecule has 0 amide bonds. The fourth-order valence-electron chi connectivity index (χ4n) is 1.40. The molecule has 1 aromatic carbocycles. The molecule has 0 heterocycles. The van der Waals surface area contributed by atoms with E-state index in [-0.39, 0.29) is 11.9 Å². The minimum Gasteiger partial charge on any atom is -0.469 e. The second-order valence-corrected chi connectivity index (χ2v) is 3.69. The van der Waals surface area contributed by atoms with E-state index in [9.17, 15) is 9.59 Å². The SMILES string of the molecule is COC(=O)CCNCc1ccc(C(=O)OC)cc1. The van der Waals surface area contributed by atoms with E-state index in [4.69, 9.17) is 0 Å². The fraction of sp³-hybridized carbons (Fsp3) is 0.385. The number of nitrogens with one attached hydrogen (secondary N) is 1. The summed E-state index contributed by atoms with van der Waals surface area (Å²) in [5, 5.41) is 3.11. The van der Waals surface area contributed by atoms with Gasteiger partial charge in [0.15, 0.2) is 0 Å². The maximum atomic E-state index is 11.2. The Kier molecular flexibility index (Phi) is 5.87. The molecule has 0 aromatic heterocycles. The number of carbonyl (C=O) groups excluding carboxylic acids is 2. The highest BCUT2D eigenvalue weighted by Gasteiger charge is 2.04. The molecule has 0 radical (unpaired) electrons. The number of ether oxygens (including phenoxy) is 2. The summed E-state index contributed by atoms with van der Waals surface area (Å²) in [5.74, 6) is -0.580. The quantitative estimate of drug-likeness (QED) is 0.606. The topological polar surface area (TPSA) is 64.6 Å². The highest BCUT2D eigenvalue weighted by atomic mass is 16.5. The van der Waals surface area contributed by atoms with Crippen LogP contribution in [0.2, 0.25) is 0 Å². The molecule has 0 unspecified atom stereocenters. The van der Waals surface area contributed by atoms with Crippen LogP contribution in [0.5, 0.6) is 0 Å². The predicted octanol–water partition coefficient (Wildman–Crippen LogP) is 1.13. The molecule has 0 atom stereocenters. The van der Waals surface area contributed by atoms with Gasteiger partial charge in [-0.3, -0.25) is 4.79 Å². The van der Waals surface area contributed by atoms with Crippen LogP contribution in [0.15, 0.2) is 24.3 Å². The van der Waals surface area contributed by atoms with Gasteiger partial charge in [0.05, 0.1) is 26.2 Å². The van der Waals surface area contributed by atoms with E-state index in [1.165, 1.54) is 14.2 Å². The molecule has 5 heteroatoms. The second-order valence-electron chi connectivity index (χ2n) is 3.69. The van der Waals surface area contributed by atoms with Crippen molar-refractivity contribution in [3.63, 3.8) is 0 Å². The first-order valence-electron chi connectivity index (χ1n) is 5.62. The van der Waals surface area contributed by atoms with Gasteiger partial charge in [0.25, 0.3) is 0 Å². The summed E-state index contributed by atoms with van der Waals surface area (Å²) in [4.78, 5) is 22.1. The van der Waals surface area contributed by atoms with E-state index < -0.39 is 0 Å². The van der Waals surface area contributed by atoms with Crippen LogP contribution in [-0.2, 0) is 20.8 Å². The van der Waals surface area contributed by atoms with Crippen molar-refractivity contribution in [2.24, 2.45) is 0 Å². The van der Waals surface area contributed by atoms with E-state index in [2.05, 4.69) is 14.8 Å². The van der Waals surface area contributed by atoms with E-state index in [1.54, 1.807) is 12.1 Å². The highest BCUT2D eigenvalue weighted by molar-refractivity contribution is 5.89. The lowest BCUT2D eigenvalue weighted by Crippen LogP contribution is -2.18. The van der Waals surface area contributed by atoms with Gasteiger partial charge in [-0.1, -0.05) is 12.1 Å². The first kappa shape index (κ1) is 14.2. The van der Waals surface area contributed by atoms with Crippen LogP contribution in [0.1, 0.15) is 22.3 Å². The number of methoxy groups -OCH3 is 2. The normalized spacial score (nSPS) is 9.89. The summed E-state index contributed by atoms with van der Waals surface area (Å²) >= 11 is 0. The average Bonchev–Trinajstić information content (AvgIpc) is 2.43. The molecule has 0 bridgehead atoms. The summed E-state index contributed by atoms with van der Waals surface area (Å²) in [5.41, 5.74) is 1.56. The third-order valence-electron chi connectivity index (χ3n) is 2.44. The van der Waals surface area contributed by atoms with Gasteiger partial charge in [0, 0.05) is 13.1 Å². The minimum absolute atomic E-state index is 0.233. The fourth-order valence-corrected chi connectivity index (χ4v) is 1.40. The molecule has 0 saturated heterocycles. The zero-order valence-electron chi connectivity index (χ0n) is 10.6. The van der Waals surface area contributed by atoms with E-state index in [0.29, 0.717) is 25.1 Å². The van der Waals surface area contributed by atoms with Crippen molar-refractivity contribution in [3.05, 3.63) is 35.4 Å². The van der Waals surface area contributed by atoms with Gasteiger partial charge in [-0.15, -0.1) is 0 Å². The van der Waals surface area contributed by atoms with Crippen molar-refractivity contribution in [3.8, 4) is 0 Å². The Hall–Kier alpha value is -1.88. The maximum absolute atomic E-state index is 11.2. The molecule has 98 valence electrons. The van der Waals surface area contributed by atoms with E-state index >= 15 is 0 Å².